The third-order valence-electron chi connectivity index (χ3n) is 6.77. The van der Waals surface area contributed by atoms with Gasteiger partial charge in [-0.3, -0.25) is 0 Å². The summed E-state index contributed by atoms with van der Waals surface area (Å²) in [7, 11) is 2.83. The van der Waals surface area contributed by atoms with Gasteiger partial charge in [0.05, 0.1) is 17.8 Å². The van der Waals surface area contributed by atoms with Gasteiger partial charge in [0.15, 0.2) is 0 Å². The highest BCUT2D eigenvalue weighted by molar-refractivity contribution is 5.78. The molecular formula is C24H30F3N5O5. The summed E-state index contributed by atoms with van der Waals surface area (Å²) in [6.07, 6.45) is -1.20. The molecule has 4 rings (SSSR count). The first kappa shape index (κ1) is 26.7. The van der Waals surface area contributed by atoms with E-state index in [1.54, 1.807) is 19.2 Å². The summed E-state index contributed by atoms with van der Waals surface area (Å²) in [4.78, 5) is 29.9. The first-order valence-electron chi connectivity index (χ1n) is 12.3. The normalized spacial score (nSPS) is 17.3. The molecule has 13 heteroatoms. The Morgan fingerprint density at radius 3 is 2.54 bits per heavy atom. The van der Waals surface area contributed by atoms with Crippen LogP contribution in [-0.4, -0.2) is 67.4 Å². The molecule has 1 N–H and O–H groups in total. The summed E-state index contributed by atoms with van der Waals surface area (Å²) < 4.78 is 50.1. The smallest absolute Gasteiger partial charge is 0.409 e. The monoisotopic (exact) mass is 525 g/mol. The molecule has 0 aliphatic heterocycles. The Morgan fingerprint density at radius 2 is 1.92 bits per heavy atom. The van der Waals surface area contributed by atoms with E-state index in [1.165, 1.54) is 11.7 Å². The topological polar surface area (TPSA) is 120 Å². The van der Waals surface area contributed by atoms with Crippen molar-refractivity contribution in [2.75, 3.05) is 13.6 Å². The Morgan fingerprint density at radius 1 is 1.22 bits per heavy atom. The van der Waals surface area contributed by atoms with Crippen molar-refractivity contribution in [2.24, 2.45) is 7.05 Å². The molecule has 202 valence electrons. The van der Waals surface area contributed by atoms with Crippen LogP contribution in [-0.2, 0) is 23.2 Å². The Labute approximate surface area is 211 Å². The van der Waals surface area contributed by atoms with Crippen molar-refractivity contribution in [3.8, 4) is 17.1 Å². The van der Waals surface area contributed by atoms with Crippen LogP contribution in [0, 0.1) is 0 Å². The second-order valence-electron chi connectivity index (χ2n) is 9.67. The van der Waals surface area contributed by atoms with E-state index < -0.39 is 36.8 Å². The standard InChI is InChI=1S/C24H30F3N5O5/c1-31(13-12-24(25,26)27)22(35)36-14-17-20(29-30-32(17)2)16-8-9-18(19(28-16)15-6-7-15)37-23(21(33)34)10-4-3-5-11-23/h8-9,15H,3-7,10-14H2,1-2H3,(H,33,34). The van der Waals surface area contributed by atoms with Crippen LogP contribution in [0.5, 0.6) is 5.75 Å². The molecule has 0 saturated heterocycles. The predicted octanol–water partition coefficient (Wildman–Crippen LogP) is 4.44. The lowest BCUT2D eigenvalue weighted by Gasteiger charge is -2.34. The molecule has 10 nitrogen and oxygen atoms in total. The molecular weight excluding hydrogens is 495 g/mol. The average molecular weight is 526 g/mol. The highest BCUT2D eigenvalue weighted by Gasteiger charge is 2.43. The zero-order valence-electron chi connectivity index (χ0n) is 20.8. The van der Waals surface area contributed by atoms with Gasteiger partial charge in [0.25, 0.3) is 0 Å². The highest BCUT2D eigenvalue weighted by atomic mass is 19.4. The molecule has 2 aromatic rings. The van der Waals surface area contributed by atoms with Crippen LogP contribution in [0.25, 0.3) is 11.4 Å². The minimum absolute atomic E-state index is 0.143. The van der Waals surface area contributed by atoms with Crippen LogP contribution in [0.3, 0.4) is 0 Å². The summed E-state index contributed by atoms with van der Waals surface area (Å²) >= 11 is 0. The first-order chi connectivity index (χ1) is 17.5. The predicted molar refractivity (Wildman–Crippen MR) is 124 cm³/mol. The number of nitrogens with zero attached hydrogens (tertiary/aromatic N) is 5. The number of carbonyl (C=O) groups is 2. The van der Waals surface area contributed by atoms with Gasteiger partial charge < -0.3 is 19.5 Å². The van der Waals surface area contributed by atoms with Gasteiger partial charge in [0.2, 0.25) is 5.60 Å². The molecule has 1 amide bonds. The number of pyridine rings is 1. The van der Waals surface area contributed by atoms with Gasteiger partial charge in [-0.05, 0) is 50.7 Å². The van der Waals surface area contributed by atoms with Gasteiger partial charge in [-0.25, -0.2) is 19.3 Å². The molecule has 2 aliphatic rings. The van der Waals surface area contributed by atoms with Crippen molar-refractivity contribution in [3.63, 3.8) is 0 Å². The van der Waals surface area contributed by atoms with E-state index in [2.05, 4.69) is 10.3 Å². The van der Waals surface area contributed by atoms with Gasteiger partial charge >= 0.3 is 18.2 Å². The van der Waals surface area contributed by atoms with Crippen molar-refractivity contribution < 1.29 is 37.3 Å². The van der Waals surface area contributed by atoms with Gasteiger partial charge in [0, 0.05) is 26.6 Å². The summed E-state index contributed by atoms with van der Waals surface area (Å²) in [5, 5.41) is 18.1. The third-order valence-corrected chi connectivity index (χ3v) is 6.77. The summed E-state index contributed by atoms with van der Waals surface area (Å²) in [5.74, 6) is -0.389. The van der Waals surface area contributed by atoms with Crippen molar-refractivity contribution >= 4 is 12.1 Å². The van der Waals surface area contributed by atoms with Crippen molar-refractivity contribution in [2.45, 2.75) is 75.7 Å². The maximum Gasteiger partial charge on any atom is 0.409 e. The van der Waals surface area contributed by atoms with E-state index in [9.17, 15) is 27.9 Å². The number of hydrogen-bond acceptors (Lipinski definition) is 7. The van der Waals surface area contributed by atoms with Crippen molar-refractivity contribution in [1.82, 2.24) is 24.9 Å². The minimum Gasteiger partial charge on any atom is -0.478 e. The first-order valence-corrected chi connectivity index (χ1v) is 12.3. The summed E-state index contributed by atoms with van der Waals surface area (Å²) in [6, 6.07) is 3.36. The lowest BCUT2D eigenvalue weighted by Crippen LogP contribution is -2.46. The molecule has 0 unspecified atom stereocenters. The lowest BCUT2D eigenvalue weighted by molar-refractivity contribution is -0.158. The van der Waals surface area contributed by atoms with Gasteiger partial charge in [-0.2, -0.15) is 13.2 Å². The molecule has 0 spiro atoms. The Hall–Kier alpha value is -3.38. The summed E-state index contributed by atoms with van der Waals surface area (Å²) in [6.45, 7) is -0.792. The number of aromatic nitrogens is 4. The minimum atomic E-state index is -4.38. The zero-order valence-corrected chi connectivity index (χ0v) is 20.8. The molecule has 0 bridgehead atoms. The van der Waals surface area contributed by atoms with Crippen molar-refractivity contribution in [3.05, 3.63) is 23.5 Å². The maximum atomic E-state index is 12.5. The fourth-order valence-electron chi connectivity index (χ4n) is 4.39. The fraction of sp³-hybridized carbons (Fsp3) is 0.625. The molecule has 2 heterocycles. The third kappa shape index (κ3) is 6.31. The second kappa shape index (κ2) is 10.5. The largest absolute Gasteiger partial charge is 0.478 e. The van der Waals surface area contributed by atoms with E-state index in [1.807, 2.05) is 0 Å². The number of hydrogen-bond donors (Lipinski definition) is 1. The van der Waals surface area contributed by atoms with Gasteiger partial charge in [-0.1, -0.05) is 11.6 Å². The molecule has 2 aromatic heterocycles. The summed E-state index contributed by atoms with van der Waals surface area (Å²) in [5.41, 5.74) is 0.605. The Bertz CT molecular complexity index is 1140. The molecule has 2 aliphatic carbocycles. The van der Waals surface area contributed by atoms with E-state index in [4.69, 9.17) is 14.5 Å². The van der Waals surface area contributed by atoms with E-state index in [-0.39, 0.29) is 12.5 Å². The number of halogens is 3. The SMILES string of the molecule is CN(CCC(F)(F)F)C(=O)OCc1c(-c2ccc(OC3(C(=O)O)CCCCC3)c(C3CC3)n2)nnn1C. The Balaban J connectivity index is 1.52. The maximum absolute atomic E-state index is 12.5. The van der Waals surface area contributed by atoms with Gasteiger partial charge in [0.1, 0.15) is 23.7 Å². The molecule has 0 aromatic carbocycles. The molecule has 2 saturated carbocycles. The number of amides is 1. The molecule has 0 atom stereocenters. The van der Waals surface area contributed by atoms with Crippen LogP contribution in [0.4, 0.5) is 18.0 Å². The number of rotatable bonds is 9. The number of aliphatic carboxylic acids is 1. The van der Waals surface area contributed by atoms with Gasteiger partial charge in [-0.15, -0.1) is 5.10 Å². The number of carboxylic acids is 1. The van der Waals surface area contributed by atoms with Crippen LogP contribution in [0.1, 0.15) is 68.7 Å². The zero-order chi connectivity index (χ0) is 26.8. The second-order valence-corrected chi connectivity index (χ2v) is 9.67. The average Bonchev–Trinajstić information content (AvgIpc) is 3.63. The number of alkyl halides is 3. The highest BCUT2D eigenvalue weighted by Crippen LogP contribution is 2.46. The number of carbonyl (C=O) groups excluding carboxylic acids is 1. The van der Waals surface area contributed by atoms with E-state index >= 15 is 0 Å². The van der Waals surface area contributed by atoms with Crippen LogP contribution in [0.2, 0.25) is 0 Å². The molecule has 2 fully saturated rings. The number of ether oxygens (including phenoxy) is 2. The molecule has 0 radical (unpaired) electrons. The van der Waals surface area contributed by atoms with Crippen molar-refractivity contribution in [1.29, 1.82) is 0 Å². The fourth-order valence-corrected chi connectivity index (χ4v) is 4.39. The van der Waals surface area contributed by atoms with E-state index in [0.717, 1.165) is 37.0 Å². The van der Waals surface area contributed by atoms with Crippen LogP contribution in [0.15, 0.2) is 12.1 Å². The quantitative estimate of drug-likeness (QED) is 0.510. The van der Waals surface area contributed by atoms with E-state index in [0.29, 0.717) is 41.4 Å². The lowest BCUT2D eigenvalue weighted by atomic mass is 9.84. The van der Waals surface area contributed by atoms with Crippen LogP contribution >= 0.6 is 0 Å². The molecule has 37 heavy (non-hydrogen) atoms. The Kier molecular flexibility index (Phi) is 7.60. The number of carboxylic acid groups (broad SMARTS) is 1. The van der Waals surface area contributed by atoms with Crippen LogP contribution < -0.4 is 4.74 Å². The number of aryl methyl sites for hydroxylation is 1.